The second-order valence-electron chi connectivity index (χ2n) is 4.21. The van der Waals surface area contributed by atoms with E-state index in [4.69, 9.17) is 0 Å². The molecule has 1 aromatic rings. The van der Waals surface area contributed by atoms with Crippen molar-refractivity contribution in [2.75, 3.05) is 6.54 Å². The molecule has 1 unspecified atom stereocenters. The van der Waals surface area contributed by atoms with E-state index < -0.39 is 0 Å². The van der Waals surface area contributed by atoms with Crippen LogP contribution in [0.5, 0.6) is 5.75 Å². The van der Waals surface area contributed by atoms with Crippen molar-refractivity contribution in [2.45, 2.75) is 26.2 Å². The van der Waals surface area contributed by atoms with Crippen molar-refractivity contribution in [3.8, 4) is 5.75 Å². The van der Waals surface area contributed by atoms with E-state index in [2.05, 4.69) is 5.32 Å². The zero-order chi connectivity index (χ0) is 11.0. The predicted molar refractivity (Wildman–Crippen MR) is 57.9 cm³/mol. The molecule has 1 heterocycles. The summed E-state index contributed by atoms with van der Waals surface area (Å²) in [5, 5.41) is 12.5. The minimum Gasteiger partial charge on any atom is -0.507 e. The van der Waals surface area contributed by atoms with E-state index in [1.54, 1.807) is 0 Å². The molecule has 0 aliphatic carbocycles. The minimum atomic E-state index is 0.114. The average Bonchev–Trinajstić information content (AvgIpc) is 2.60. The molecule has 2 rings (SSSR count). The fourth-order valence-corrected chi connectivity index (χ4v) is 2.07. The number of nitrogens with one attached hydrogen (secondary N) is 1. The Morgan fingerprint density at radius 3 is 2.40 bits per heavy atom. The Balaban J connectivity index is 2.33. The number of phenols is 1. The van der Waals surface area contributed by atoms with Gasteiger partial charge in [0.05, 0.1) is 0 Å². The van der Waals surface area contributed by atoms with Gasteiger partial charge in [0.25, 0.3) is 0 Å². The summed E-state index contributed by atoms with van der Waals surface area (Å²) in [7, 11) is 0. The van der Waals surface area contributed by atoms with E-state index in [1.807, 2.05) is 26.0 Å². The molecule has 15 heavy (non-hydrogen) atoms. The summed E-state index contributed by atoms with van der Waals surface area (Å²) < 4.78 is 0. The number of benzene rings is 1. The standard InChI is InChI=1S/C12H15NO2/c1-7-3-9(4-8(2)12(7)15)10-5-11(14)13-6-10/h3-4,10,15H,5-6H2,1-2H3,(H,13,14). The van der Waals surface area contributed by atoms with Crippen molar-refractivity contribution < 1.29 is 9.90 Å². The second kappa shape index (κ2) is 3.57. The summed E-state index contributed by atoms with van der Waals surface area (Å²) in [5.74, 6) is 0.731. The maximum atomic E-state index is 11.1. The quantitative estimate of drug-likeness (QED) is 0.731. The van der Waals surface area contributed by atoms with Gasteiger partial charge in [0.2, 0.25) is 5.91 Å². The van der Waals surface area contributed by atoms with Crippen LogP contribution in [-0.2, 0) is 4.79 Å². The van der Waals surface area contributed by atoms with Gasteiger partial charge in [0.15, 0.2) is 0 Å². The van der Waals surface area contributed by atoms with E-state index in [0.717, 1.165) is 16.7 Å². The van der Waals surface area contributed by atoms with Gasteiger partial charge in [0.1, 0.15) is 5.75 Å². The molecule has 1 aliphatic heterocycles. The van der Waals surface area contributed by atoms with Gasteiger partial charge < -0.3 is 10.4 Å². The molecule has 0 radical (unpaired) electrons. The molecular weight excluding hydrogens is 190 g/mol. The first-order chi connectivity index (χ1) is 7.08. The van der Waals surface area contributed by atoms with Gasteiger partial charge in [-0.15, -0.1) is 0 Å². The molecule has 80 valence electrons. The van der Waals surface area contributed by atoms with Gasteiger partial charge in [-0.3, -0.25) is 4.79 Å². The van der Waals surface area contributed by atoms with Crippen LogP contribution in [0.4, 0.5) is 0 Å². The molecule has 0 spiro atoms. The van der Waals surface area contributed by atoms with Crippen LogP contribution in [0.15, 0.2) is 12.1 Å². The largest absolute Gasteiger partial charge is 0.507 e. The van der Waals surface area contributed by atoms with Crippen LogP contribution in [0, 0.1) is 13.8 Å². The van der Waals surface area contributed by atoms with Gasteiger partial charge in [-0.2, -0.15) is 0 Å². The zero-order valence-electron chi connectivity index (χ0n) is 9.00. The smallest absolute Gasteiger partial charge is 0.220 e. The number of phenolic OH excluding ortho intramolecular Hbond substituents is 1. The van der Waals surface area contributed by atoms with Crippen molar-refractivity contribution in [3.05, 3.63) is 28.8 Å². The molecule has 1 amide bonds. The van der Waals surface area contributed by atoms with E-state index >= 15 is 0 Å². The fourth-order valence-electron chi connectivity index (χ4n) is 2.07. The highest BCUT2D eigenvalue weighted by Crippen LogP contribution is 2.29. The van der Waals surface area contributed by atoms with Crippen LogP contribution < -0.4 is 5.32 Å². The number of amides is 1. The lowest BCUT2D eigenvalue weighted by Crippen LogP contribution is -2.13. The van der Waals surface area contributed by atoms with Crippen LogP contribution in [0.3, 0.4) is 0 Å². The average molecular weight is 205 g/mol. The minimum absolute atomic E-state index is 0.114. The van der Waals surface area contributed by atoms with Crippen LogP contribution in [-0.4, -0.2) is 17.6 Å². The van der Waals surface area contributed by atoms with Crippen LogP contribution >= 0.6 is 0 Å². The molecule has 0 saturated carbocycles. The lowest BCUT2D eigenvalue weighted by molar-refractivity contribution is -0.119. The van der Waals surface area contributed by atoms with Crippen molar-refractivity contribution in [1.82, 2.24) is 5.32 Å². The maximum Gasteiger partial charge on any atom is 0.220 e. The Labute approximate surface area is 89.1 Å². The van der Waals surface area contributed by atoms with Gasteiger partial charge in [-0.05, 0) is 30.5 Å². The van der Waals surface area contributed by atoms with E-state index in [-0.39, 0.29) is 11.8 Å². The van der Waals surface area contributed by atoms with E-state index in [9.17, 15) is 9.90 Å². The highest BCUT2D eigenvalue weighted by atomic mass is 16.3. The highest BCUT2D eigenvalue weighted by molar-refractivity contribution is 5.79. The topological polar surface area (TPSA) is 49.3 Å². The van der Waals surface area contributed by atoms with Crippen LogP contribution in [0.2, 0.25) is 0 Å². The van der Waals surface area contributed by atoms with Crippen molar-refractivity contribution in [2.24, 2.45) is 0 Å². The Kier molecular flexibility index (Phi) is 2.39. The highest BCUT2D eigenvalue weighted by Gasteiger charge is 2.23. The fraction of sp³-hybridized carbons (Fsp3) is 0.417. The molecule has 1 aliphatic rings. The van der Waals surface area contributed by atoms with Gasteiger partial charge in [-0.25, -0.2) is 0 Å². The Bertz CT molecular complexity index is 389. The number of hydrogen-bond donors (Lipinski definition) is 2. The van der Waals surface area contributed by atoms with Crippen molar-refractivity contribution >= 4 is 5.91 Å². The first-order valence-electron chi connectivity index (χ1n) is 5.14. The summed E-state index contributed by atoms with van der Waals surface area (Å²) in [6, 6.07) is 3.93. The summed E-state index contributed by atoms with van der Waals surface area (Å²) in [6.45, 7) is 4.48. The number of hydrogen-bond acceptors (Lipinski definition) is 2. The van der Waals surface area contributed by atoms with Crippen LogP contribution in [0.1, 0.15) is 29.0 Å². The van der Waals surface area contributed by atoms with E-state index in [1.165, 1.54) is 0 Å². The number of carbonyl (C=O) groups excluding carboxylic acids is 1. The molecule has 1 aromatic carbocycles. The third-order valence-corrected chi connectivity index (χ3v) is 2.96. The first kappa shape index (κ1) is 10.0. The Morgan fingerprint density at radius 2 is 1.93 bits per heavy atom. The SMILES string of the molecule is Cc1cc(C2CNC(=O)C2)cc(C)c1O. The molecule has 1 atom stereocenters. The summed E-state index contributed by atoms with van der Waals surface area (Å²) in [5.41, 5.74) is 2.90. The number of rotatable bonds is 1. The first-order valence-corrected chi connectivity index (χ1v) is 5.14. The van der Waals surface area contributed by atoms with Gasteiger partial charge in [-0.1, -0.05) is 12.1 Å². The molecule has 3 heteroatoms. The van der Waals surface area contributed by atoms with Gasteiger partial charge in [0, 0.05) is 18.9 Å². The molecule has 1 saturated heterocycles. The maximum absolute atomic E-state index is 11.1. The monoisotopic (exact) mass is 205 g/mol. The lowest BCUT2D eigenvalue weighted by atomic mass is 9.94. The Hall–Kier alpha value is -1.51. The molecule has 1 fully saturated rings. The predicted octanol–water partition coefficient (Wildman–Crippen LogP) is 1.61. The number of carbonyl (C=O) groups is 1. The van der Waals surface area contributed by atoms with Crippen LogP contribution in [0.25, 0.3) is 0 Å². The molecular formula is C12H15NO2. The summed E-state index contributed by atoms with van der Waals surface area (Å²) in [6.07, 6.45) is 0.559. The molecule has 2 N–H and O–H groups in total. The Morgan fingerprint density at radius 1 is 1.33 bits per heavy atom. The van der Waals surface area contributed by atoms with Gasteiger partial charge >= 0.3 is 0 Å². The third kappa shape index (κ3) is 1.82. The van der Waals surface area contributed by atoms with E-state index in [0.29, 0.717) is 18.7 Å². The number of aromatic hydroxyl groups is 1. The third-order valence-electron chi connectivity index (χ3n) is 2.96. The molecule has 0 bridgehead atoms. The van der Waals surface area contributed by atoms with Crippen molar-refractivity contribution in [3.63, 3.8) is 0 Å². The zero-order valence-corrected chi connectivity index (χ0v) is 9.00. The lowest BCUT2D eigenvalue weighted by Gasteiger charge is -2.11. The number of aryl methyl sites for hydroxylation is 2. The summed E-state index contributed by atoms with van der Waals surface area (Å²) in [4.78, 5) is 11.1. The molecule has 3 nitrogen and oxygen atoms in total. The molecule has 0 aromatic heterocycles. The second-order valence-corrected chi connectivity index (χ2v) is 4.21. The van der Waals surface area contributed by atoms with Crippen molar-refractivity contribution in [1.29, 1.82) is 0 Å². The normalized spacial score (nSPS) is 20.4. The summed E-state index contributed by atoms with van der Waals surface area (Å²) >= 11 is 0.